The van der Waals surface area contributed by atoms with E-state index in [1.54, 1.807) is 0 Å². The molecule has 2 fully saturated rings. The largest absolute Gasteiger partial charge is 0.379 e. The maximum Gasteiger partial charge on any atom is 0.193 e. The Labute approximate surface area is 156 Å². The van der Waals surface area contributed by atoms with Crippen molar-refractivity contribution in [2.75, 3.05) is 52.5 Å². The number of rotatable bonds is 5. The molecule has 0 radical (unpaired) electrons. The van der Waals surface area contributed by atoms with Gasteiger partial charge in [0.2, 0.25) is 0 Å². The summed E-state index contributed by atoms with van der Waals surface area (Å²) in [4.78, 5) is 9.82. The molecule has 1 N–H and O–H groups in total. The minimum Gasteiger partial charge on any atom is -0.379 e. The predicted octanol–water partition coefficient (Wildman–Crippen LogP) is 2.77. The first-order chi connectivity index (χ1) is 12.3. The van der Waals surface area contributed by atoms with E-state index < -0.39 is 0 Å². The fourth-order valence-corrected chi connectivity index (χ4v) is 3.76. The van der Waals surface area contributed by atoms with Crippen LogP contribution in [0.1, 0.15) is 31.4 Å². The van der Waals surface area contributed by atoms with Gasteiger partial charge in [-0.25, -0.2) is 0 Å². The number of guanidine groups is 1. The van der Waals surface area contributed by atoms with E-state index in [1.807, 2.05) is 12.1 Å². The SMILES string of the molecule is CCNC(=NCC(c1cccc(Cl)c1)N1CCOCC1)N1CCCC1. The molecule has 2 aliphatic heterocycles. The second-order valence-corrected chi connectivity index (χ2v) is 7.04. The molecule has 1 unspecified atom stereocenters. The molecule has 6 heteroatoms. The van der Waals surface area contributed by atoms with E-state index in [-0.39, 0.29) is 6.04 Å². The number of likely N-dealkylation sites (tertiary alicyclic amines) is 1. The first-order valence-corrected chi connectivity index (χ1v) is 9.76. The van der Waals surface area contributed by atoms with Crippen LogP contribution in [0.25, 0.3) is 0 Å². The van der Waals surface area contributed by atoms with Crippen LogP contribution < -0.4 is 5.32 Å². The summed E-state index contributed by atoms with van der Waals surface area (Å²) in [5.41, 5.74) is 1.23. The van der Waals surface area contributed by atoms with Crippen molar-refractivity contribution < 1.29 is 4.74 Å². The number of aliphatic imine (C=N–C) groups is 1. The molecule has 0 bridgehead atoms. The Kier molecular flexibility index (Phi) is 6.96. The van der Waals surface area contributed by atoms with Gasteiger partial charge in [0.15, 0.2) is 5.96 Å². The minimum absolute atomic E-state index is 0.235. The molecular weight excluding hydrogens is 336 g/mol. The van der Waals surface area contributed by atoms with Gasteiger partial charge in [-0.05, 0) is 37.5 Å². The van der Waals surface area contributed by atoms with E-state index in [0.717, 1.165) is 63.5 Å². The second kappa shape index (κ2) is 9.41. The monoisotopic (exact) mass is 364 g/mol. The maximum atomic E-state index is 6.24. The maximum absolute atomic E-state index is 6.24. The standard InChI is InChI=1S/C19H29ClN4O/c1-2-21-19(24-8-3-4-9-24)22-15-18(23-10-12-25-13-11-23)16-6-5-7-17(20)14-16/h5-7,14,18H,2-4,8-13,15H2,1H3,(H,21,22). The highest BCUT2D eigenvalue weighted by Crippen LogP contribution is 2.25. The zero-order valence-corrected chi connectivity index (χ0v) is 15.8. The van der Waals surface area contributed by atoms with Crippen molar-refractivity contribution >= 4 is 17.6 Å². The Morgan fingerprint density at radius 3 is 2.68 bits per heavy atom. The zero-order valence-electron chi connectivity index (χ0n) is 15.1. The van der Waals surface area contributed by atoms with Crippen molar-refractivity contribution in [3.63, 3.8) is 0 Å². The molecule has 0 saturated carbocycles. The minimum atomic E-state index is 0.235. The third-order valence-electron chi connectivity index (χ3n) is 4.87. The van der Waals surface area contributed by atoms with Crippen LogP contribution in [0.15, 0.2) is 29.3 Å². The van der Waals surface area contributed by atoms with Gasteiger partial charge in [0.05, 0.1) is 25.8 Å². The summed E-state index contributed by atoms with van der Waals surface area (Å²) in [5.74, 6) is 1.04. The Hall–Kier alpha value is -1.30. The number of nitrogens with zero attached hydrogens (tertiary/aromatic N) is 3. The molecule has 2 heterocycles. The molecule has 1 atom stereocenters. The number of hydrogen-bond acceptors (Lipinski definition) is 3. The Morgan fingerprint density at radius 1 is 1.24 bits per heavy atom. The van der Waals surface area contributed by atoms with E-state index in [9.17, 15) is 0 Å². The van der Waals surface area contributed by atoms with E-state index in [4.69, 9.17) is 21.3 Å². The summed E-state index contributed by atoms with van der Waals surface area (Å²) in [5, 5.41) is 4.24. The van der Waals surface area contributed by atoms with Crippen LogP contribution in [-0.4, -0.2) is 68.2 Å². The Morgan fingerprint density at radius 2 is 2.00 bits per heavy atom. The fourth-order valence-electron chi connectivity index (χ4n) is 3.56. The van der Waals surface area contributed by atoms with Crippen molar-refractivity contribution in [3.05, 3.63) is 34.9 Å². The Balaban J connectivity index is 1.79. The van der Waals surface area contributed by atoms with Crippen molar-refractivity contribution in [2.45, 2.75) is 25.8 Å². The molecule has 3 rings (SSSR count). The van der Waals surface area contributed by atoms with Crippen LogP contribution in [0.2, 0.25) is 5.02 Å². The summed E-state index contributed by atoms with van der Waals surface area (Å²) < 4.78 is 5.53. The number of ether oxygens (including phenoxy) is 1. The van der Waals surface area contributed by atoms with Crippen molar-refractivity contribution in [1.82, 2.24) is 15.1 Å². The molecule has 2 aliphatic rings. The summed E-state index contributed by atoms with van der Waals surface area (Å²) in [7, 11) is 0. The zero-order chi connectivity index (χ0) is 17.5. The van der Waals surface area contributed by atoms with E-state index in [0.29, 0.717) is 0 Å². The molecule has 0 spiro atoms. The van der Waals surface area contributed by atoms with Gasteiger partial charge in [-0.1, -0.05) is 23.7 Å². The molecule has 1 aromatic carbocycles. The van der Waals surface area contributed by atoms with Gasteiger partial charge in [-0.3, -0.25) is 9.89 Å². The average molecular weight is 365 g/mol. The Bertz CT molecular complexity index is 568. The highest BCUT2D eigenvalue weighted by atomic mass is 35.5. The topological polar surface area (TPSA) is 40.1 Å². The van der Waals surface area contributed by atoms with Gasteiger partial charge in [0.25, 0.3) is 0 Å². The van der Waals surface area contributed by atoms with Crippen LogP contribution >= 0.6 is 11.6 Å². The van der Waals surface area contributed by atoms with Crippen LogP contribution in [0.4, 0.5) is 0 Å². The summed E-state index contributed by atoms with van der Waals surface area (Å²) in [6.07, 6.45) is 2.51. The summed E-state index contributed by atoms with van der Waals surface area (Å²) in [6.45, 7) is 9.41. The molecule has 1 aromatic rings. The highest BCUT2D eigenvalue weighted by Gasteiger charge is 2.24. The first-order valence-electron chi connectivity index (χ1n) is 9.38. The lowest BCUT2D eigenvalue weighted by Gasteiger charge is -2.34. The van der Waals surface area contributed by atoms with E-state index in [2.05, 4.69) is 34.2 Å². The number of halogens is 1. The molecule has 138 valence electrons. The number of morpholine rings is 1. The molecule has 2 saturated heterocycles. The molecule has 0 aliphatic carbocycles. The fraction of sp³-hybridized carbons (Fsp3) is 0.632. The van der Waals surface area contributed by atoms with Crippen molar-refractivity contribution in [3.8, 4) is 0 Å². The van der Waals surface area contributed by atoms with Crippen LogP contribution in [-0.2, 0) is 4.74 Å². The average Bonchev–Trinajstić information content (AvgIpc) is 3.16. The lowest BCUT2D eigenvalue weighted by atomic mass is 10.0. The van der Waals surface area contributed by atoms with Crippen LogP contribution in [0.5, 0.6) is 0 Å². The van der Waals surface area contributed by atoms with Crippen LogP contribution in [0, 0.1) is 0 Å². The van der Waals surface area contributed by atoms with Crippen molar-refractivity contribution in [1.29, 1.82) is 0 Å². The summed E-state index contributed by atoms with van der Waals surface area (Å²) in [6, 6.07) is 8.42. The van der Waals surface area contributed by atoms with E-state index >= 15 is 0 Å². The van der Waals surface area contributed by atoms with Crippen LogP contribution in [0.3, 0.4) is 0 Å². The molecule has 0 amide bonds. The van der Waals surface area contributed by atoms with Gasteiger partial charge >= 0.3 is 0 Å². The molecule has 0 aromatic heterocycles. The lowest BCUT2D eigenvalue weighted by Crippen LogP contribution is -2.42. The third-order valence-corrected chi connectivity index (χ3v) is 5.11. The summed E-state index contributed by atoms with van der Waals surface area (Å²) >= 11 is 6.24. The lowest BCUT2D eigenvalue weighted by molar-refractivity contribution is 0.0179. The number of hydrogen-bond donors (Lipinski definition) is 1. The van der Waals surface area contributed by atoms with Gasteiger partial charge in [-0.2, -0.15) is 0 Å². The van der Waals surface area contributed by atoms with E-state index in [1.165, 1.54) is 18.4 Å². The number of nitrogens with one attached hydrogen (secondary N) is 1. The van der Waals surface area contributed by atoms with Gasteiger partial charge in [0, 0.05) is 37.7 Å². The molecule has 25 heavy (non-hydrogen) atoms. The molecule has 5 nitrogen and oxygen atoms in total. The van der Waals surface area contributed by atoms with Gasteiger partial charge < -0.3 is 15.0 Å². The smallest absolute Gasteiger partial charge is 0.193 e. The number of benzene rings is 1. The molecular formula is C19H29ClN4O. The quantitative estimate of drug-likeness (QED) is 0.644. The van der Waals surface area contributed by atoms with Gasteiger partial charge in [-0.15, -0.1) is 0 Å². The normalized spacial score (nSPS) is 20.7. The highest BCUT2D eigenvalue weighted by molar-refractivity contribution is 6.30. The van der Waals surface area contributed by atoms with Gasteiger partial charge in [0.1, 0.15) is 0 Å². The second-order valence-electron chi connectivity index (χ2n) is 6.61. The first kappa shape index (κ1) is 18.5. The predicted molar refractivity (Wildman–Crippen MR) is 103 cm³/mol. The third kappa shape index (κ3) is 5.09. The van der Waals surface area contributed by atoms with Crippen molar-refractivity contribution in [2.24, 2.45) is 4.99 Å².